The maximum atomic E-state index is 6.18. The van der Waals surface area contributed by atoms with Crippen molar-refractivity contribution in [1.82, 2.24) is 0 Å². The van der Waals surface area contributed by atoms with Gasteiger partial charge in [-0.05, 0) is 94.5 Å². The van der Waals surface area contributed by atoms with E-state index < -0.39 is 0 Å². The minimum absolute atomic E-state index is 0.0811. The van der Waals surface area contributed by atoms with Gasteiger partial charge >= 0.3 is 0 Å². The number of hydrogen-bond donors (Lipinski definition) is 0. The van der Waals surface area contributed by atoms with Crippen LogP contribution in [0.2, 0.25) is 0 Å². The van der Waals surface area contributed by atoms with E-state index in [1.54, 1.807) is 28.4 Å². The Balaban J connectivity index is 1.35. The lowest BCUT2D eigenvalue weighted by Crippen LogP contribution is -2.23. The molecule has 6 nitrogen and oxygen atoms in total. The summed E-state index contributed by atoms with van der Waals surface area (Å²) in [5.74, 6) is 4.06. The third-order valence-electron chi connectivity index (χ3n) is 11.5. The minimum Gasteiger partial charge on any atom is -0.493 e. The van der Waals surface area contributed by atoms with E-state index in [2.05, 4.69) is 88.4 Å². The van der Waals surface area contributed by atoms with Gasteiger partial charge in [0.2, 0.25) is 11.5 Å². The van der Waals surface area contributed by atoms with E-state index in [0.717, 1.165) is 60.8 Å². The normalized spacial score (nSPS) is 12.8. The van der Waals surface area contributed by atoms with Crippen molar-refractivity contribution in [3.8, 4) is 45.6 Å². The molecule has 0 atom stereocenters. The molecule has 0 bridgehead atoms. The highest BCUT2D eigenvalue weighted by Gasteiger charge is 2.40. The van der Waals surface area contributed by atoms with Crippen LogP contribution in [0, 0.1) is 0 Å². The fourth-order valence-electron chi connectivity index (χ4n) is 8.17. The fraction of sp³-hybridized carbons (Fsp3) is 0.451. The van der Waals surface area contributed by atoms with Gasteiger partial charge in [-0.25, -0.2) is 0 Å². The van der Waals surface area contributed by atoms with Crippen LogP contribution in [-0.4, -0.2) is 41.7 Å². The molecule has 0 heterocycles. The lowest BCUT2D eigenvalue weighted by atomic mass is 9.73. The zero-order valence-corrected chi connectivity index (χ0v) is 35.9. The van der Waals surface area contributed by atoms with Crippen molar-refractivity contribution >= 4 is 24.3 Å². The average molecular weight is 775 g/mol. The lowest BCUT2D eigenvalue weighted by Gasteiger charge is -2.30. The van der Waals surface area contributed by atoms with Gasteiger partial charge in [-0.15, -0.1) is 0 Å². The first-order valence-corrected chi connectivity index (χ1v) is 21.3. The van der Waals surface area contributed by atoms with E-state index in [1.165, 1.54) is 60.8 Å². The van der Waals surface area contributed by atoms with Crippen LogP contribution in [-0.2, 0) is 5.41 Å². The number of methoxy groups -OCH3 is 4. The summed E-state index contributed by atoms with van der Waals surface area (Å²) in [4.78, 5) is 0. The minimum atomic E-state index is -0.0811. The highest BCUT2D eigenvalue weighted by molar-refractivity contribution is 5.85. The Morgan fingerprint density at radius 1 is 0.421 bits per heavy atom. The molecule has 57 heavy (non-hydrogen) atoms. The Bertz CT molecular complexity index is 1760. The second kappa shape index (κ2) is 21.6. The van der Waals surface area contributed by atoms with Crippen molar-refractivity contribution in [1.29, 1.82) is 0 Å². The van der Waals surface area contributed by atoms with Gasteiger partial charge in [0.1, 0.15) is 0 Å². The molecule has 4 aromatic carbocycles. The summed E-state index contributed by atoms with van der Waals surface area (Å²) in [5, 5.41) is 0. The van der Waals surface area contributed by atoms with Crippen LogP contribution in [0.15, 0.2) is 60.7 Å². The maximum Gasteiger partial charge on any atom is 0.203 e. The molecule has 6 heteroatoms. The Hall–Kier alpha value is -4.84. The van der Waals surface area contributed by atoms with Crippen LogP contribution in [0.1, 0.15) is 138 Å². The Morgan fingerprint density at radius 2 is 0.772 bits per heavy atom. The van der Waals surface area contributed by atoms with Gasteiger partial charge in [0.15, 0.2) is 23.0 Å². The number of unbranched alkanes of at least 4 members (excludes halogenated alkanes) is 8. The summed E-state index contributed by atoms with van der Waals surface area (Å²) in [6.45, 7) is 10.4. The molecule has 0 N–H and O–H groups in total. The van der Waals surface area contributed by atoms with Crippen LogP contribution in [0.5, 0.6) is 34.5 Å². The van der Waals surface area contributed by atoms with Crippen LogP contribution >= 0.6 is 0 Å². The third kappa shape index (κ3) is 10.4. The molecular weight excluding hydrogens is 709 g/mol. The first-order chi connectivity index (χ1) is 27.9. The smallest absolute Gasteiger partial charge is 0.203 e. The Labute approximate surface area is 343 Å². The molecule has 4 aromatic rings. The second-order valence-electron chi connectivity index (χ2n) is 15.1. The molecule has 1 aliphatic rings. The average Bonchev–Trinajstić information content (AvgIpc) is 3.52. The molecule has 1 aliphatic carbocycles. The highest BCUT2D eigenvalue weighted by Crippen LogP contribution is 2.53. The van der Waals surface area contributed by atoms with E-state index in [0.29, 0.717) is 47.7 Å². The molecule has 0 aromatic heterocycles. The number of benzene rings is 4. The number of rotatable bonds is 24. The van der Waals surface area contributed by atoms with E-state index >= 15 is 0 Å². The molecule has 0 amide bonds. The molecule has 5 rings (SSSR count). The first kappa shape index (κ1) is 43.3. The van der Waals surface area contributed by atoms with E-state index in [1.807, 2.05) is 24.3 Å². The van der Waals surface area contributed by atoms with Crippen LogP contribution in [0.3, 0.4) is 0 Å². The molecule has 0 unspecified atom stereocenters. The largest absolute Gasteiger partial charge is 0.493 e. The third-order valence-corrected chi connectivity index (χ3v) is 11.5. The van der Waals surface area contributed by atoms with Gasteiger partial charge < -0.3 is 28.4 Å². The quantitative estimate of drug-likeness (QED) is 0.0522. The molecule has 0 spiro atoms. The van der Waals surface area contributed by atoms with Crippen molar-refractivity contribution in [2.75, 3.05) is 41.7 Å². The van der Waals surface area contributed by atoms with Crippen LogP contribution in [0.4, 0.5) is 0 Å². The predicted octanol–water partition coefficient (Wildman–Crippen LogP) is 13.8. The molecule has 306 valence electrons. The van der Waals surface area contributed by atoms with Gasteiger partial charge in [-0.3, -0.25) is 0 Å². The molecule has 0 aliphatic heterocycles. The lowest BCUT2D eigenvalue weighted by molar-refractivity contribution is 0.267. The summed E-state index contributed by atoms with van der Waals surface area (Å²) in [6.07, 6.45) is 22.5. The fourth-order valence-corrected chi connectivity index (χ4v) is 8.17. The van der Waals surface area contributed by atoms with Crippen molar-refractivity contribution < 1.29 is 28.4 Å². The zero-order chi connectivity index (χ0) is 40.6. The van der Waals surface area contributed by atoms with Crippen molar-refractivity contribution in [2.24, 2.45) is 0 Å². The standard InChI is InChI=1S/C51H66O6/c1-9-13-15-17-19-29-56-49-45(52-5)33-39(34-46(49)53-6)23-21-37-25-27-41-42-28-26-38(32-44(42)51(11-3,12-4)43(41)31-37)22-24-40-35-47(54-7)50(48(36-40)55-8)57-30-20-18-16-14-10-2/h21-28,31-36H,9-20,29-30H2,1-8H3/b23-21+,24-22+. The zero-order valence-electron chi connectivity index (χ0n) is 35.9. The summed E-state index contributed by atoms with van der Waals surface area (Å²) >= 11 is 0. The van der Waals surface area contributed by atoms with E-state index in [4.69, 9.17) is 28.4 Å². The van der Waals surface area contributed by atoms with E-state index in [-0.39, 0.29) is 5.41 Å². The van der Waals surface area contributed by atoms with Gasteiger partial charge in [0.05, 0.1) is 41.7 Å². The summed E-state index contributed by atoms with van der Waals surface area (Å²) in [5.41, 5.74) is 9.63. The summed E-state index contributed by atoms with van der Waals surface area (Å²) < 4.78 is 35.4. The maximum absolute atomic E-state index is 6.18. The number of hydrogen-bond acceptors (Lipinski definition) is 6. The molecular formula is C51H66O6. The first-order valence-electron chi connectivity index (χ1n) is 21.3. The van der Waals surface area contributed by atoms with Gasteiger partial charge in [-0.2, -0.15) is 0 Å². The molecule has 0 radical (unpaired) electrons. The van der Waals surface area contributed by atoms with Gasteiger partial charge in [0, 0.05) is 5.41 Å². The van der Waals surface area contributed by atoms with Crippen molar-refractivity contribution in [2.45, 2.75) is 110 Å². The molecule has 0 saturated carbocycles. The topological polar surface area (TPSA) is 55.4 Å². The summed E-state index contributed by atoms with van der Waals surface area (Å²) in [7, 11) is 6.74. The summed E-state index contributed by atoms with van der Waals surface area (Å²) in [6, 6.07) is 21.9. The van der Waals surface area contributed by atoms with E-state index in [9.17, 15) is 0 Å². The number of ether oxygens (including phenoxy) is 6. The van der Waals surface area contributed by atoms with Crippen molar-refractivity contribution in [3.05, 3.63) is 94.0 Å². The predicted molar refractivity (Wildman–Crippen MR) is 239 cm³/mol. The molecule has 0 saturated heterocycles. The highest BCUT2D eigenvalue weighted by atomic mass is 16.5. The SMILES string of the molecule is CCCCCCCOc1c(OC)cc(/C=C/c2ccc3c(c2)C(CC)(CC)c2cc(/C=C/c4cc(OC)c(OCCCCCCC)c(OC)c4)ccc2-3)cc1OC. The van der Waals surface area contributed by atoms with Gasteiger partial charge in [-0.1, -0.05) is 140 Å². The molecule has 0 fully saturated rings. The Morgan fingerprint density at radius 3 is 1.11 bits per heavy atom. The monoisotopic (exact) mass is 774 g/mol. The second-order valence-corrected chi connectivity index (χ2v) is 15.1. The van der Waals surface area contributed by atoms with Crippen LogP contribution < -0.4 is 28.4 Å². The van der Waals surface area contributed by atoms with Crippen LogP contribution in [0.25, 0.3) is 35.4 Å². The Kier molecular flexibility index (Phi) is 16.4. The van der Waals surface area contributed by atoms with Gasteiger partial charge in [0.25, 0.3) is 0 Å². The number of fused-ring (bicyclic) bond motifs is 3. The van der Waals surface area contributed by atoms with Crippen molar-refractivity contribution in [3.63, 3.8) is 0 Å².